The summed E-state index contributed by atoms with van der Waals surface area (Å²) in [6.45, 7) is 9.77. The Kier molecular flexibility index (Phi) is 5.44. The number of carbonyl (C=O) groups excluding carboxylic acids is 1. The van der Waals surface area contributed by atoms with Crippen molar-refractivity contribution in [1.29, 1.82) is 0 Å². The minimum Gasteiger partial charge on any atom is -0.393 e. The number of likely N-dealkylation sites (tertiary alicyclic amines) is 1. The Morgan fingerprint density at radius 1 is 1.41 bits per heavy atom. The standard InChI is InChI=1S/C14H27NO2/c1-5-6-13(10(2)3)14(17)15-8-7-12(9-15)11(4)16/h10-13,16H,5-9H2,1-4H3. The lowest BCUT2D eigenvalue weighted by molar-refractivity contribution is -0.136. The zero-order valence-corrected chi connectivity index (χ0v) is 11.6. The van der Waals surface area contributed by atoms with Crippen molar-refractivity contribution in [3.63, 3.8) is 0 Å². The van der Waals surface area contributed by atoms with Crippen LogP contribution in [0.4, 0.5) is 0 Å². The minimum atomic E-state index is -0.295. The molecule has 0 bridgehead atoms. The summed E-state index contributed by atoms with van der Waals surface area (Å²) in [5, 5.41) is 9.56. The van der Waals surface area contributed by atoms with Crippen molar-refractivity contribution in [2.75, 3.05) is 13.1 Å². The van der Waals surface area contributed by atoms with Crippen LogP contribution >= 0.6 is 0 Å². The summed E-state index contributed by atoms with van der Waals surface area (Å²) in [6, 6.07) is 0. The fraction of sp³-hybridized carbons (Fsp3) is 0.929. The van der Waals surface area contributed by atoms with Crippen LogP contribution in [0.25, 0.3) is 0 Å². The van der Waals surface area contributed by atoms with Gasteiger partial charge < -0.3 is 10.0 Å². The quantitative estimate of drug-likeness (QED) is 0.802. The minimum absolute atomic E-state index is 0.160. The lowest BCUT2D eigenvalue weighted by Crippen LogP contribution is -2.37. The fourth-order valence-corrected chi connectivity index (χ4v) is 2.67. The highest BCUT2D eigenvalue weighted by molar-refractivity contribution is 5.79. The molecule has 3 heteroatoms. The second-order valence-electron chi connectivity index (χ2n) is 5.71. The van der Waals surface area contributed by atoms with E-state index in [0.29, 0.717) is 11.8 Å². The molecular weight excluding hydrogens is 214 g/mol. The summed E-state index contributed by atoms with van der Waals surface area (Å²) >= 11 is 0. The first-order chi connectivity index (χ1) is 7.97. The van der Waals surface area contributed by atoms with Gasteiger partial charge in [0.05, 0.1) is 6.10 Å². The number of amides is 1. The monoisotopic (exact) mass is 241 g/mol. The van der Waals surface area contributed by atoms with Gasteiger partial charge in [0.25, 0.3) is 0 Å². The Balaban J connectivity index is 2.57. The van der Waals surface area contributed by atoms with Gasteiger partial charge in [-0.3, -0.25) is 4.79 Å². The second kappa shape index (κ2) is 6.39. The molecule has 0 radical (unpaired) electrons. The summed E-state index contributed by atoms with van der Waals surface area (Å²) in [4.78, 5) is 14.3. The van der Waals surface area contributed by atoms with Gasteiger partial charge in [-0.1, -0.05) is 27.2 Å². The van der Waals surface area contributed by atoms with Crippen LogP contribution in [0, 0.1) is 17.8 Å². The number of hydrogen-bond donors (Lipinski definition) is 1. The molecule has 0 aromatic carbocycles. The third-order valence-electron chi connectivity index (χ3n) is 3.94. The largest absolute Gasteiger partial charge is 0.393 e. The van der Waals surface area contributed by atoms with E-state index >= 15 is 0 Å². The van der Waals surface area contributed by atoms with E-state index in [2.05, 4.69) is 20.8 Å². The van der Waals surface area contributed by atoms with E-state index in [1.165, 1.54) is 0 Å². The van der Waals surface area contributed by atoms with Crippen LogP contribution in [0.3, 0.4) is 0 Å². The first kappa shape index (κ1) is 14.5. The molecule has 1 N–H and O–H groups in total. The van der Waals surface area contributed by atoms with Crippen LogP contribution in [-0.4, -0.2) is 35.1 Å². The van der Waals surface area contributed by atoms with Crippen LogP contribution < -0.4 is 0 Å². The smallest absolute Gasteiger partial charge is 0.225 e. The molecule has 0 aromatic heterocycles. The molecule has 0 spiro atoms. The van der Waals surface area contributed by atoms with Gasteiger partial charge in [-0.15, -0.1) is 0 Å². The summed E-state index contributed by atoms with van der Waals surface area (Å²) in [5.74, 6) is 1.14. The predicted molar refractivity (Wildman–Crippen MR) is 69.6 cm³/mol. The van der Waals surface area contributed by atoms with E-state index in [4.69, 9.17) is 0 Å². The normalized spacial score (nSPS) is 24.1. The van der Waals surface area contributed by atoms with Crippen LogP contribution in [0.1, 0.15) is 47.0 Å². The molecule has 1 heterocycles. The van der Waals surface area contributed by atoms with Crippen molar-refractivity contribution in [3.05, 3.63) is 0 Å². The van der Waals surface area contributed by atoms with Gasteiger partial charge in [0.15, 0.2) is 0 Å². The van der Waals surface area contributed by atoms with E-state index in [0.717, 1.165) is 32.4 Å². The van der Waals surface area contributed by atoms with Gasteiger partial charge in [0.2, 0.25) is 5.91 Å². The third kappa shape index (κ3) is 3.70. The molecule has 1 rings (SSSR count). The van der Waals surface area contributed by atoms with Crippen molar-refractivity contribution in [2.45, 2.75) is 53.1 Å². The molecule has 3 unspecified atom stereocenters. The molecule has 100 valence electrons. The molecule has 3 atom stereocenters. The Bertz CT molecular complexity index is 251. The fourth-order valence-electron chi connectivity index (χ4n) is 2.67. The maximum Gasteiger partial charge on any atom is 0.225 e. The van der Waals surface area contributed by atoms with Gasteiger partial charge in [0.1, 0.15) is 0 Å². The number of nitrogens with zero attached hydrogens (tertiary/aromatic N) is 1. The molecule has 1 aliphatic rings. The van der Waals surface area contributed by atoms with Gasteiger partial charge in [-0.25, -0.2) is 0 Å². The highest BCUT2D eigenvalue weighted by Gasteiger charge is 2.33. The van der Waals surface area contributed by atoms with E-state index in [1.54, 1.807) is 0 Å². The molecule has 0 aliphatic carbocycles. The second-order valence-corrected chi connectivity index (χ2v) is 5.71. The molecule has 1 aliphatic heterocycles. The lowest BCUT2D eigenvalue weighted by Gasteiger charge is -2.26. The average Bonchev–Trinajstić information content (AvgIpc) is 2.73. The van der Waals surface area contributed by atoms with E-state index in [1.807, 2.05) is 11.8 Å². The number of aliphatic hydroxyl groups excluding tert-OH is 1. The molecule has 1 amide bonds. The van der Waals surface area contributed by atoms with Crippen LogP contribution in [-0.2, 0) is 4.79 Å². The summed E-state index contributed by atoms with van der Waals surface area (Å²) in [7, 11) is 0. The topological polar surface area (TPSA) is 40.5 Å². The Morgan fingerprint density at radius 3 is 2.47 bits per heavy atom. The summed E-state index contributed by atoms with van der Waals surface area (Å²) in [5.41, 5.74) is 0. The summed E-state index contributed by atoms with van der Waals surface area (Å²) in [6.07, 6.45) is 2.69. The maximum absolute atomic E-state index is 12.4. The first-order valence-corrected chi connectivity index (χ1v) is 6.94. The van der Waals surface area contributed by atoms with Crippen molar-refractivity contribution < 1.29 is 9.90 Å². The van der Waals surface area contributed by atoms with E-state index in [9.17, 15) is 9.90 Å². The van der Waals surface area contributed by atoms with Gasteiger partial charge in [0, 0.05) is 24.9 Å². The maximum atomic E-state index is 12.4. The molecular formula is C14H27NO2. The van der Waals surface area contributed by atoms with Crippen LogP contribution in [0.15, 0.2) is 0 Å². The predicted octanol–water partition coefficient (Wildman–Crippen LogP) is 2.29. The Labute approximate surface area is 105 Å². The van der Waals surface area contributed by atoms with Gasteiger partial charge in [-0.05, 0) is 25.7 Å². The molecule has 1 fully saturated rings. The van der Waals surface area contributed by atoms with Crippen LogP contribution in [0.2, 0.25) is 0 Å². The molecule has 3 nitrogen and oxygen atoms in total. The van der Waals surface area contributed by atoms with Crippen LogP contribution in [0.5, 0.6) is 0 Å². The Morgan fingerprint density at radius 2 is 2.06 bits per heavy atom. The highest BCUT2D eigenvalue weighted by Crippen LogP contribution is 2.25. The highest BCUT2D eigenvalue weighted by atomic mass is 16.3. The Hall–Kier alpha value is -0.570. The molecule has 0 aromatic rings. The zero-order valence-electron chi connectivity index (χ0n) is 11.6. The third-order valence-corrected chi connectivity index (χ3v) is 3.94. The van der Waals surface area contributed by atoms with Gasteiger partial charge >= 0.3 is 0 Å². The SMILES string of the molecule is CCCC(C(=O)N1CCC(C(C)O)C1)C(C)C. The first-order valence-electron chi connectivity index (χ1n) is 6.94. The molecule has 0 saturated carbocycles. The molecule has 1 saturated heterocycles. The van der Waals surface area contributed by atoms with Crippen molar-refractivity contribution in [1.82, 2.24) is 4.90 Å². The number of aliphatic hydroxyl groups is 1. The van der Waals surface area contributed by atoms with Crippen molar-refractivity contribution >= 4 is 5.91 Å². The average molecular weight is 241 g/mol. The number of rotatable bonds is 5. The van der Waals surface area contributed by atoms with E-state index < -0.39 is 0 Å². The number of carbonyl (C=O) groups is 1. The van der Waals surface area contributed by atoms with E-state index in [-0.39, 0.29) is 17.9 Å². The van der Waals surface area contributed by atoms with Crippen molar-refractivity contribution in [3.8, 4) is 0 Å². The zero-order chi connectivity index (χ0) is 13.0. The van der Waals surface area contributed by atoms with Crippen molar-refractivity contribution in [2.24, 2.45) is 17.8 Å². The van der Waals surface area contributed by atoms with Gasteiger partial charge in [-0.2, -0.15) is 0 Å². The lowest BCUT2D eigenvalue weighted by atomic mass is 9.90. The summed E-state index contributed by atoms with van der Waals surface area (Å²) < 4.78 is 0. The number of hydrogen-bond acceptors (Lipinski definition) is 2. The molecule has 17 heavy (non-hydrogen) atoms.